The van der Waals surface area contributed by atoms with Crippen molar-refractivity contribution in [2.24, 2.45) is 0 Å². The third kappa shape index (κ3) is 3.71. The van der Waals surface area contributed by atoms with Crippen molar-refractivity contribution in [3.8, 4) is 22.0 Å². The maximum atomic E-state index is 4.96. The van der Waals surface area contributed by atoms with Crippen molar-refractivity contribution >= 4 is 27.8 Å². The number of hydrogen-bond donors (Lipinski definition) is 0. The van der Waals surface area contributed by atoms with Crippen LogP contribution in [0.5, 0.6) is 0 Å². The summed E-state index contributed by atoms with van der Waals surface area (Å²) in [7, 11) is 0. The van der Waals surface area contributed by atoms with Gasteiger partial charge in [0.05, 0.1) is 18.3 Å². The molecule has 2 aliphatic heterocycles. The summed E-state index contributed by atoms with van der Waals surface area (Å²) >= 11 is 1.80. The first-order valence-corrected chi connectivity index (χ1v) is 14.2. The molecular formula is C30H32N6S. The highest BCUT2D eigenvalue weighted by Gasteiger charge is 2.34. The molecule has 7 rings (SSSR count). The highest BCUT2D eigenvalue weighted by atomic mass is 32.1. The van der Waals surface area contributed by atoms with Crippen LogP contribution >= 0.6 is 11.3 Å². The predicted molar refractivity (Wildman–Crippen MR) is 153 cm³/mol. The fourth-order valence-electron chi connectivity index (χ4n) is 6.22. The molecule has 3 heterocycles. The fourth-order valence-corrected chi connectivity index (χ4v) is 7.21. The van der Waals surface area contributed by atoms with Crippen molar-refractivity contribution in [2.75, 3.05) is 29.5 Å². The second-order valence-corrected chi connectivity index (χ2v) is 11.7. The third-order valence-electron chi connectivity index (χ3n) is 8.24. The Kier molecular flexibility index (Phi) is 5.43. The van der Waals surface area contributed by atoms with Crippen LogP contribution in [0.1, 0.15) is 41.5 Å². The van der Waals surface area contributed by atoms with E-state index in [1.165, 1.54) is 56.6 Å². The van der Waals surface area contributed by atoms with Crippen molar-refractivity contribution < 1.29 is 0 Å². The van der Waals surface area contributed by atoms with Gasteiger partial charge in [0.1, 0.15) is 22.7 Å². The summed E-state index contributed by atoms with van der Waals surface area (Å²) < 4.78 is 0. The van der Waals surface area contributed by atoms with Crippen LogP contribution in [-0.4, -0.2) is 45.5 Å². The Labute approximate surface area is 221 Å². The largest absolute Gasteiger partial charge is 0.368 e. The van der Waals surface area contributed by atoms with E-state index in [1.807, 2.05) is 0 Å². The summed E-state index contributed by atoms with van der Waals surface area (Å²) in [6.07, 6.45) is 6.39. The highest BCUT2D eigenvalue weighted by Crippen LogP contribution is 2.46. The molecule has 0 amide bonds. The van der Waals surface area contributed by atoms with E-state index in [0.29, 0.717) is 6.04 Å². The lowest BCUT2D eigenvalue weighted by Crippen LogP contribution is -2.57. The van der Waals surface area contributed by atoms with E-state index >= 15 is 0 Å². The van der Waals surface area contributed by atoms with E-state index in [4.69, 9.17) is 15.1 Å². The average molecular weight is 509 g/mol. The normalized spacial score (nSPS) is 18.1. The molecule has 3 aromatic rings. The Bertz CT molecular complexity index is 1560. The monoisotopic (exact) mass is 508 g/mol. The van der Waals surface area contributed by atoms with Gasteiger partial charge < -0.3 is 4.90 Å². The topological polar surface area (TPSA) is 50.1 Å². The Morgan fingerprint density at radius 3 is 2.54 bits per heavy atom. The molecule has 2 aliphatic carbocycles. The van der Waals surface area contributed by atoms with Gasteiger partial charge in [-0.1, -0.05) is 30.3 Å². The van der Waals surface area contributed by atoms with Crippen molar-refractivity contribution in [3.63, 3.8) is 0 Å². The molecule has 1 atom stereocenters. The average Bonchev–Trinajstić information content (AvgIpc) is 3.44. The van der Waals surface area contributed by atoms with Gasteiger partial charge in [0, 0.05) is 29.2 Å². The number of benzene rings is 2. The number of nitrogens with zero attached hydrogens (tertiary/aromatic N) is 6. The number of thiazole rings is 1. The molecule has 4 aliphatic rings. The van der Waals surface area contributed by atoms with Crippen LogP contribution in [0.2, 0.25) is 0 Å². The summed E-state index contributed by atoms with van der Waals surface area (Å²) in [6.45, 7) is 9.42. The van der Waals surface area contributed by atoms with E-state index in [1.54, 1.807) is 17.7 Å². The van der Waals surface area contributed by atoms with Gasteiger partial charge in [0.25, 0.3) is 0 Å². The van der Waals surface area contributed by atoms with E-state index in [9.17, 15) is 0 Å². The summed E-state index contributed by atoms with van der Waals surface area (Å²) in [5.41, 5.74) is 8.83. The number of aromatic nitrogens is 4. The second-order valence-electron chi connectivity index (χ2n) is 10.5. The van der Waals surface area contributed by atoms with Crippen LogP contribution < -0.4 is 9.91 Å². The van der Waals surface area contributed by atoms with Gasteiger partial charge in [-0.25, -0.2) is 9.97 Å². The Balaban J connectivity index is 1.25. The number of hydrogen-bond acceptors (Lipinski definition) is 6. The fraction of sp³-hybridized carbons (Fsp3) is 0.367. The second kappa shape index (κ2) is 8.84. The lowest BCUT2D eigenvalue weighted by Gasteiger charge is -2.43. The minimum Gasteiger partial charge on any atom is -0.368 e. The smallest absolute Gasteiger partial charge is 0.138 e. The molecule has 37 heavy (non-hydrogen) atoms. The summed E-state index contributed by atoms with van der Waals surface area (Å²) in [5.74, 6) is 0. The molecule has 0 saturated carbocycles. The quantitative estimate of drug-likeness (QED) is 0.299. The number of anilines is 1. The van der Waals surface area contributed by atoms with E-state index < -0.39 is 0 Å². The van der Waals surface area contributed by atoms with E-state index in [0.717, 1.165) is 48.9 Å². The van der Waals surface area contributed by atoms with Crippen molar-refractivity contribution in [3.05, 3.63) is 70.5 Å². The molecular weight excluding hydrogens is 476 g/mol. The molecule has 2 aromatic carbocycles. The van der Waals surface area contributed by atoms with Crippen LogP contribution in [-0.2, 0) is 12.8 Å². The van der Waals surface area contributed by atoms with Gasteiger partial charge in [-0.15, -0.1) is 16.4 Å². The van der Waals surface area contributed by atoms with Crippen LogP contribution in [0.25, 0.3) is 32.7 Å². The standard InChI is InChI=1S/C30H32N6S/c1-19-17-34(24-13-12-22-8-4-5-9-23(22)16-24)14-15-35(19)36-29-26-11-7-6-10-25(26)27(28(29)31-18-32-36)30-33-20(2)21(3)37-30/h4-5,8-9,12-13,16,18-19H,6-7,10-11,14-15,17H2,1-3H3. The molecule has 7 heteroatoms. The Hall–Kier alpha value is -3.45. The van der Waals surface area contributed by atoms with Gasteiger partial charge >= 0.3 is 0 Å². The summed E-state index contributed by atoms with van der Waals surface area (Å²) in [6, 6.07) is 15.7. The Morgan fingerprint density at radius 2 is 1.76 bits per heavy atom. The zero-order valence-corrected chi connectivity index (χ0v) is 22.6. The first kappa shape index (κ1) is 22.7. The van der Waals surface area contributed by atoms with Crippen LogP contribution in [0, 0.1) is 13.8 Å². The minimum absolute atomic E-state index is 0.310. The summed E-state index contributed by atoms with van der Waals surface area (Å²) in [4.78, 5) is 15.8. The summed E-state index contributed by atoms with van der Waals surface area (Å²) in [5, 5.41) is 11.0. The molecule has 6 nitrogen and oxygen atoms in total. The molecule has 188 valence electrons. The molecule has 1 saturated heterocycles. The van der Waals surface area contributed by atoms with Crippen molar-refractivity contribution in [2.45, 2.75) is 52.5 Å². The number of fused-ring (bicyclic) bond motifs is 4. The van der Waals surface area contributed by atoms with Gasteiger partial charge in [-0.2, -0.15) is 4.79 Å². The lowest BCUT2D eigenvalue weighted by atomic mass is 9.93. The zero-order chi connectivity index (χ0) is 25.1. The first-order chi connectivity index (χ1) is 18.1. The maximum absolute atomic E-state index is 4.96. The number of piperazine rings is 1. The lowest BCUT2D eigenvalue weighted by molar-refractivity contribution is 0.413. The van der Waals surface area contributed by atoms with Crippen LogP contribution in [0.15, 0.2) is 48.8 Å². The molecule has 0 bridgehead atoms. The van der Waals surface area contributed by atoms with E-state index in [-0.39, 0.29) is 0 Å². The third-order valence-corrected chi connectivity index (χ3v) is 9.33. The number of aryl methyl sites for hydroxylation is 2. The first-order valence-electron chi connectivity index (χ1n) is 13.4. The molecule has 1 unspecified atom stereocenters. The van der Waals surface area contributed by atoms with Gasteiger partial charge in [0.15, 0.2) is 0 Å². The van der Waals surface area contributed by atoms with Gasteiger partial charge in [0.2, 0.25) is 0 Å². The predicted octanol–water partition coefficient (Wildman–Crippen LogP) is 6.00. The van der Waals surface area contributed by atoms with Crippen molar-refractivity contribution in [1.29, 1.82) is 0 Å². The van der Waals surface area contributed by atoms with Gasteiger partial charge in [-0.3, -0.25) is 5.01 Å². The minimum atomic E-state index is 0.310. The molecule has 1 fully saturated rings. The van der Waals surface area contributed by atoms with Gasteiger partial charge in [-0.05, 0) is 80.5 Å². The highest BCUT2D eigenvalue weighted by molar-refractivity contribution is 7.15. The maximum Gasteiger partial charge on any atom is 0.138 e. The Morgan fingerprint density at radius 1 is 0.946 bits per heavy atom. The number of rotatable bonds is 3. The van der Waals surface area contributed by atoms with Crippen LogP contribution in [0.3, 0.4) is 0 Å². The van der Waals surface area contributed by atoms with E-state index in [2.05, 4.69) is 77.9 Å². The zero-order valence-electron chi connectivity index (χ0n) is 21.7. The molecule has 0 radical (unpaired) electrons. The SMILES string of the molecule is Cc1nc(-c2c3ncnn(N4CCN(c5ccc6ccccc6c5)CC4C)c-3c3c2CCCC3)sc1C. The van der Waals surface area contributed by atoms with Crippen molar-refractivity contribution in [1.82, 2.24) is 19.9 Å². The molecule has 0 N–H and O–H groups in total. The van der Waals surface area contributed by atoms with Crippen LogP contribution in [0.4, 0.5) is 5.69 Å². The molecule has 1 aromatic heterocycles. The molecule has 0 spiro atoms.